The number of hydrogen-bond donors (Lipinski definition) is 2. The van der Waals surface area contributed by atoms with Crippen LogP contribution in [0.3, 0.4) is 0 Å². The van der Waals surface area contributed by atoms with Crippen molar-refractivity contribution >= 4 is 33.2 Å². The van der Waals surface area contributed by atoms with Gasteiger partial charge in [-0.05, 0) is 54.6 Å². The molecule has 3 aromatic carbocycles. The van der Waals surface area contributed by atoms with E-state index >= 15 is 0 Å². The number of halogens is 3. The minimum absolute atomic E-state index is 0.166. The molecule has 1 aromatic heterocycles. The molecule has 0 spiro atoms. The normalized spacial score (nSPS) is 12.6. The summed E-state index contributed by atoms with van der Waals surface area (Å²) in [5.74, 6) is 0.521. The topological polar surface area (TPSA) is 74.8 Å². The number of fused-ring (bicyclic) bond motifs is 1. The van der Waals surface area contributed by atoms with Crippen molar-refractivity contribution in [1.82, 2.24) is 14.7 Å². The molecule has 0 saturated carbocycles. The van der Waals surface area contributed by atoms with Crippen LogP contribution in [0, 0.1) is 0 Å². The van der Waals surface area contributed by atoms with E-state index in [0.717, 1.165) is 17.6 Å². The molecule has 0 aliphatic rings. The Kier molecular flexibility index (Phi) is 5.62. The Bertz CT molecular complexity index is 1410. The van der Waals surface area contributed by atoms with Gasteiger partial charge in [0.2, 0.25) is 10.0 Å². The fourth-order valence-electron chi connectivity index (χ4n) is 3.28. The highest BCUT2D eigenvalue weighted by Gasteiger charge is 2.29. The summed E-state index contributed by atoms with van der Waals surface area (Å²) in [5.41, 5.74) is 2.52. The first-order valence-electron chi connectivity index (χ1n) is 9.55. The van der Waals surface area contributed by atoms with Crippen molar-refractivity contribution < 1.29 is 21.6 Å². The van der Waals surface area contributed by atoms with E-state index in [1.165, 1.54) is 25.2 Å². The van der Waals surface area contributed by atoms with Gasteiger partial charge in [0, 0.05) is 5.56 Å². The number of hydrogen-bond acceptors (Lipinski definition) is 3. The monoisotopic (exact) mass is 457 g/mol. The van der Waals surface area contributed by atoms with Gasteiger partial charge in [0.1, 0.15) is 5.82 Å². The van der Waals surface area contributed by atoms with E-state index in [0.29, 0.717) is 28.0 Å². The van der Waals surface area contributed by atoms with Crippen LogP contribution < -0.4 is 4.72 Å². The second-order valence-corrected chi connectivity index (χ2v) is 8.87. The van der Waals surface area contributed by atoms with Crippen LogP contribution in [0.2, 0.25) is 0 Å². The van der Waals surface area contributed by atoms with Gasteiger partial charge in [-0.2, -0.15) is 13.2 Å². The molecule has 0 aliphatic heterocycles. The molecule has 32 heavy (non-hydrogen) atoms. The molecular weight excluding hydrogens is 439 g/mol. The lowest BCUT2D eigenvalue weighted by molar-refractivity contribution is -0.137. The van der Waals surface area contributed by atoms with Gasteiger partial charge in [-0.25, -0.2) is 18.1 Å². The first-order valence-corrected chi connectivity index (χ1v) is 11.0. The number of alkyl halides is 3. The molecular formula is C23H18F3N3O2S. The predicted molar refractivity (Wildman–Crippen MR) is 118 cm³/mol. The van der Waals surface area contributed by atoms with Crippen LogP contribution in [0.4, 0.5) is 13.2 Å². The third kappa shape index (κ3) is 4.44. The average Bonchev–Trinajstić information content (AvgIpc) is 3.19. The molecule has 164 valence electrons. The number of nitrogens with zero attached hydrogens (tertiary/aromatic N) is 1. The number of aromatic nitrogens is 2. The molecule has 0 aliphatic carbocycles. The lowest BCUT2D eigenvalue weighted by Crippen LogP contribution is -2.19. The Labute approximate surface area is 182 Å². The summed E-state index contributed by atoms with van der Waals surface area (Å²) in [6.07, 6.45) is -1.04. The van der Waals surface area contributed by atoms with E-state index in [1.54, 1.807) is 48.6 Å². The molecule has 0 atom stereocenters. The van der Waals surface area contributed by atoms with Crippen molar-refractivity contribution in [2.45, 2.75) is 11.1 Å². The van der Waals surface area contributed by atoms with Crippen LogP contribution >= 0.6 is 0 Å². The lowest BCUT2D eigenvalue weighted by atomic mass is 10.1. The standard InChI is InChI=1S/C23H18F3N3O2S/c1-27-32(30,31)21-5-3-2-4-18(21)16-9-12-19-20(14-16)29-22(28-19)13-8-15-6-10-17(11-7-15)23(24,25)26/h2-14,27H,1H3,(H,28,29). The van der Waals surface area contributed by atoms with Crippen molar-refractivity contribution in [3.05, 3.63) is 83.7 Å². The Hall–Kier alpha value is -3.43. The highest BCUT2D eigenvalue weighted by molar-refractivity contribution is 7.89. The zero-order chi connectivity index (χ0) is 22.9. The Morgan fingerprint density at radius 2 is 1.69 bits per heavy atom. The van der Waals surface area contributed by atoms with Crippen LogP contribution in [0.25, 0.3) is 34.3 Å². The Balaban J connectivity index is 1.64. The fourth-order valence-corrected chi connectivity index (χ4v) is 4.23. The third-order valence-electron chi connectivity index (χ3n) is 4.93. The molecule has 2 N–H and O–H groups in total. The fraction of sp³-hybridized carbons (Fsp3) is 0.0870. The number of aromatic amines is 1. The second kappa shape index (κ2) is 8.25. The summed E-state index contributed by atoms with van der Waals surface area (Å²) >= 11 is 0. The molecule has 4 aromatic rings. The van der Waals surface area contributed by atoms with Crippen molar-refractivity contribution in [2.24, 2.45) is 0 Å². The predicted octanol–water partition coefficient (Wildman–Crippen LogP) is 5.33. The minimum Gasteiger partial charge on any atom is -0.338 e. The molecule has 0 bridgehead atoms. The van der Waals surface area contributed by atoms with Crippen molar-refractivity contribution in [1.29, 1.82) is 0 Å². The Morgan fingerprint density at radius 1 is 0.969 bits per heavy atom. The van der Waals surface area contributed by atoms with Crippen LogP contribution in [0.15, 0.2) is 71.6 Å². The van der Waals surface area contributed by atoms with Crippen LogP contribution in [0.5, 0.6) is 0 Å². The van der Waals surface area contributed by atoms with Crippen LogP contribution in [-0.4, -0.2) is 25.4 Å². The summed E-state index contributed by atoms with van der Waals surface area (Å²) in [7, 11) is -2.28. The largest absolute Gasteiger partial charge is 0.416 e. The third-order valence-corrected chi connectivity index (χ3v) is 6.40. The van der Waals surface area contributed by atoms with Crippen LogP contribution in [0.1, 0.15) is 17.0 Å². The van der Waals surface area contributed by atoms with Gasteiger partial charge in [-0.3, -0.25) is 0 Å². The summed E-state index contributed by atoms with van der Waals surface area (Å²) in [5, 5.41) is 0. The van der Waals surface area contributed by atoms with Gasteiger partial charge in [-0.1, -0.05) is 42.5 Å². The molecule has 0 saturated heterocycles. The number of sulfonamides is 1. The average molecular weight is 457 g/mol. The van der Waals surface area contributed by atoms with Crippen molar-refractivity contribution in [2.75, 3.05) is 7.05 Å². The zero-order valence-corrected chi connectivity index (χ0v) is 17.6. The first-order chi connectivity index (χ1) is 15.2. The maximum Gasteiger partial charge on any atom is 0.416 e. The molecule has 0 amide bonds. The van der Waals surface area contributed by atoms with Crippen LogP contribution in [-0.2, 0) is 16.2 Å². The van der Waals surface area contributed by atoms with E-state index in [2.05, 4.69) is 14.7 Å². The van der Waals surface area contributed by atoms with Crippen molar-refractivity contribution in [3.8, 4) is 11.1 Å². The van der Waals surface area contributed by atoms with Gasteiger partial charge in [-0.15, -0.1) is 0 Å². The number of benzene rings is 3. The zero-order valence-electron chi connectivity index (χ0n) is 16.8. The lowest BCUT2D eigenvalue weighted by Gasteiger charge is -2.09. The Morgan fingerprint density at radius 3 is 2.38 bits per heavy atom. The van der Waals surface area contributed by atoms with Gasteiger partial charge in [0.25, 0.3) is 0 Å². The summed E-state index contributed by atoms with van der Waals surface area (Å²) in [4.78, 5) is 7.79. The molecule has 9 heteroatoms. The summed E-state index contributed by atoms with van der Waals surface area (Å²) in [6.45, 7) is 0. The maximum atomic E-state index is 12.7. The van der Waals surface area contributed by atoms with Crippen molar-refractivity contribution in [3.63, 3.8) is 0 Å². The SMILES string of the molecule is CNS(=O)(=O)c1ccccc1-c1ccc2[nH]c(C=Cc3ccc(C(F)(F)F)cc3)nc2c1. The molecule has 4 rings (SSSR count). The van der Waals surface area contributed by atoms with Gasteiger partial charge >= 0.3 is 6.18 Å². The van der Waals surface area contributed by atoms with Gasteiger partial charge in [0.15, 0.2) is 0 Å². The molecule has 0 fully saturated rings. The second-order valence-electron chi connectivity index (χ2n) is 7.01. The smallest absolute Gasteiger partial charge is 0.338 e. The number of imidazole rings is 1. The molecule has 0 radical (unpaired) electrons. The van der Waals surface area contributed by atoms with Gasteiger partial charge < -0.3 is 4.98 Å². The van der Waals surface area contributed by atoms with E-state index in [-0.39, 0.29) is 4.90 Å². The number of rotatable bonds is 5. The summed E-state index contributed by atoms with van der Waals surface area (Å²) < 4.78 is 65.1. The highest BCUT2D eigenvalue weighted by Crippen LogP contribution is 2.30. The number of nitrogens with one attached hydrogen (secondary N) is 2. The quantitative estimate of drug-likeness (QED) is 0.426. The summed E-state index contributed by atoms with van der Waals surface area (Å²) in [6, 6.07) is 16.9. The van der Waals surface area contributed by atoms with E-state index < -0.39 is 21.8 Å². The minimum atomic E-state index is -4.37. The van der Waals surface area contributed by atoms with E-state index in [1.807, 2.05) is 0 Å². The van der Waals surface area contributed by atoms with E-state index in [4.69, 9.17) is 0 Å². The van der Waals surface area contributed by atoms with E-state index in [9.17, 15) is 21.6 Å². The maximum absolute atomic E-state index is 12.7. The molecule has 5 nitrogen and oxygen atoms in total. The highest BCUT2D eigenvalue weighted by atomic mass is 32.2. The first kappa shape index (κ1) is 21.8. The number of H-pyrrole nitrogens is 1. The molecule has 0 unspecified atom stereocenters. The van der Waals surface area contributed by atoms with Gasteiger partial charge in [0.05, 0.1) is 21.5 Å². The molecule has 1 heterocycles.